The predicted octanol–water partition coefficient (Wildman–Crippen LogP) is 20.0. The summed E-state index contributed by atoms with van der Waals surface area (Å²) in [6, 6.07) is 108. The maximum Gasteiger partial charge on any atom is 0.0714 e. The number of nitrogens with zero attached hydrogens (tertiary/aromatic N) is 2. The van der Waals surface area contributed by atoms with E-state index in [9.17, 15) is 0 Å². The maximum atomic E-state index is 2.50. The quantitative estimate of drug-likeness (QED) is 0.145. The Morgan fingerprint density at radius 2 is 0.766 bits per heavy atom. The Morgan fingerprint density at radius 1 is 0.273 bits per heavy atom. The van der Waals surface area contributed by atoms with Crippen molar-refractivity contribution in [3.05, 3.63) is 313 Å². The molecule has 2 nitrogen and oxygen atoms in total. The van der Waals surface area contributed by atoms with Gasteiger partial charge < -0.3 is 9.47 Å². The predicted molar refractivity (Wildman–Crippen MR) is 326 cm³/mol. The summed E-state index contributed by atoms with van der Waals surface area (Å²) in [6.07, 6.45) is 0. The minimum atomic E-state index is -0.485. The summed E-state index contributed by atoms with van der Waals surface area (Å²) < 4.78 is 2.48. The summed E-state index contributed by atoms with van der Waals surface area (Å²) in [4.78, 5) is 2.50. The second kappa shape index (κ2) is 17.0. The van der Waals surface area contributed by atoms with Crippen LogP contribution in [0.1, 0.15) is 22.3 Å². The Balaban J connectivity index is 0.839. The first kappa shape index (κ1) is 43.4. The van der Waals surface area contributed by atoms with Gasteiger partial charge in [-0.3, -0.25) is 0 Å². The molecule has 16 rings (SSSR count). The van der Waals surface area contributed by atoms with E-state index in [1.807, 2.05) is 0 Å². The number of hydrogen-bond donors (Lipinski definition) is 0. The number of aromatic nitrogens is 1. The van der Waals surface area contributed by atoms with E-state index in [1.165, 1.54) is 120 Å². The lowest BCUT2D eigenvalue weighted by atomic mass is 9.67. The van der Waals surface area contributed by atoms with Crippen LogP contribution < -0.4 is 4.90 Å². The van der Waals surface area contributed by atoms with Crippen LogP contribution in [0, 0.1) is 0 Å². The van der Waals surface area contributed by atoms with Gasteiger partial charge in [0.05, 0.1) is 27.8 Å². The fraction of sp³-hybridized carbons (Fsp3) is 0.0133. The molecule has 77 heavy (non-hydrogen) atoms. The van der Waals surface area contributed by atoms with Crippen LogP contribution >= 0.6 is 0 Å². The third kappa shape index (κ3) is 6.49. The first-order chi connectivity index (χ1) is 38.2. The van der Waals surface area contributed by atoms with Crippen molar-refractivity contribution in [1.29, 1.82) is 0 Å². The SMILES string of the molecule is c1ccc(C2(c3ccccc3)c3ccccc3-c3ccc(-n4c5ccccc5c5cc(-c6ccc7cc(N(c8cc9ccccc9c9ccccc89)c8cc9ccccc9c9ccccc89)ccc7c6)ccc54)cc32)cc1. The molecule has 0 N–H and O–H groups in total. The Morgan fingerprint density at radius 3 is 1.44 bits per heavy atom. The minimum absolute atomic E-state index is 0.485. The molecule has 15 aromatic rings. The van der Waals surface area contributed by atoms with Crippen molar-refractivity contribution in [2.75, 3.05) is 4.90 Å². The maximum absolute atomic E-state index is 2.50. The molecule has 0 atom stereocenters. The molecule has 1 aliphatic carbocycles. The second-order valence-corrected chi connectivity index (χ2v) is 20.7. The molecule has 1 aliphatic rings. The molecule has 14 aromatic carbocycles. The number of fused-ring (bicyclic) bond motifs is 13. The van der Waals surface area contributed by atoms with Crippen LogP contribution in [0.4, 0.5) is 17.1 Å². The van der Waals surface area contributed by atoms with Gasteiger partial charge in [-0.25, -0.2) is 0 Å². The average molecular weight is 977 g/mol. The smallest absolute Gasteiger partial charge is 0.0714 e. The highest BCUT2D eigenvalue weighted by Crippen LogP contribution is 2.57. The van der Waals surface area contributed by atoms with Crippen LogP contribution in [0.5, 0.6) is 0 Å². The number of benzene rings is 14. The highest BCUT2D eigenvalue weighted by molar-refractivity contribution is 6.19. The van der Waals surface area contributed by atoms with Crippen LogP contribution in [-0.2, 0) is 5.41 Å². The zero-order valence-electron chi connectivity index (χ0n) is 42.1. The van der Waals surface area contributed by atoms with Crippen molar-refractivity contribution in [3.8, 4) is 27.9 Å². The van der Waals surface area contributed by atoms with Crippen LogP contribution in [0.3, 0.4) is 0 Å². The minimum Gasteiger partial charge on any atom is -0.309 e. The fourth-order valence-electron chi connectivity index (χ4n) is 13.4. The van der Waals surface area contributed by atoms with Gasteiger partial charge >= 0.3 is 0 Å². The molecule has 0 saturated heterocycles. The van der Waals surface area contributed by atoms with Gasteiger partial charge in [-0.1, -0.05) is 231 Å². The zero-order valence-corrected chi connectivity index (χ0v) is 42.1. The molecule has 358 valence electrons. The molecule has 0 aliphatic heterocycles. The Hall–Kier alpha value is -10.0. The van der Waals surface area contributed by atoms with Gasteiger partial charge in [-0.15, -0.1) is 0 Å². The van der Waals surface area contributed by atoms with Crippen LogP contribution in [0.15, 0.2) is 291 Å². The normalized spacial score (nSPS) is 12.8. The van der Waals surface area contributed by atoms with Crippen molar-refractivity contribution in [2.45, 2.75) is 5.41 Å². The lowest BCUT2D eigenvalue weighted by molar-refractivity contribution is 0.767. The Kier molecular flexibility index (Phi) is 9.58. The molecule has 1 aromatic heterocycles. The molecule has 0 fully saturated rings. The van der Waals surface area contributed by atoms with E-state index in [2.05, 4.69) is 301 Å². The lowest BCUT2D eigenvalue weighted by Gasteiger charge is -2.34. The first-order valence-electron chi connectivity index (χ1n) is 26.7. The third-order valence-electron chi connectivity index (χ3n) is 16.8. The van der Waals surface area contributed by atoms with Crippen molar-refractivity contribution >= 4 is 92.7 Å². The van der Waals surface area contributed by atoms with E-state index in [4.69, 9.17) is 0 Å². The molecule has 0 saturated carbocycles. The van der Waals surface area contributed by atoms with Crippen LogP contribution in [0.2, 0.25) is 0 Å². The van der Waals surface area contributed by atoms with Crippen molar-refractivity contribution in [1.82, 2.24) is 4.57 Å². The van der Waals surface area contributed by atoms with Gasteiger partial charge in [0, 0.05) is 32.9 Å². The molecule has 0 spiro atoms. The first-order valence-corrected chi connectivity index (χ1v) is 26.7. The zero-order chi connectivity index (χ0) is 50.6. The average Bonchev–Trinajstić information content (AvgIpc) is 4.23. The molecule has 0 unspecified atom stereocenters. The molecular weight excluding hydrogens is 929 g/mol. The standard InChI is InChI=1S/C75H48N2/c1-3-21-55(22-4-1)75(56-23-5-2-6-24-56)69-33-17-15-29-63(69)64-41-40-58(48-70(64)75)76-71-34-18-16-32-67(71)68-45-52(38-42-72(68)76)49-35-36-51-44-57(39-37-50(51)43-49)77(73-46-53-19-7-9-25-59(53)61-27-11-13-30-65(61)73)74-47-54-20-8-10-26-60(54)62-28-12-14-31-66(62)74/h1-48H. The van der Waals surface area contributed by atoms with Gasteiger partial charge in [-0.2, -0.15) is 0 Å². The summed E-state index contributed by atoms with van der Waals surface area (Å²) in [5.74, 6) is 0. The summed E-state index contributed by atoms with van der Waals surface area (Å²) in [7, 11) is 0. The van der Waals surface area contributed by atoms with E-state index in [0.29, 0.717) is 0 Å². The van der Waals surface area contributed by atoms with Crippen LogP contribution in [0.25, 0.3) is 104 Å². The van der Waals surface area contributed by atoms with Crippen molar-refractivity contribution in [3.63, 3.8) is 0 Å². The van der Waals surface area contributed by atoms with E-state index in [0.717, 1.165) is 22.7 Å². The third-order valence-corrected chi connectivity index (χ3v) is 16.8. The monoisotopic (exact) mass is 976 g/mol. The van der Waals surface area contributed by atoms with Gasteiger partial charge in [0.1, 0.15) is 0 Å². The summed E-state index contributed by atoms with van der Waals surface area (Å²) in [6.45, 7) is 0. The largest absolute Gasteiger partial charge is 0.309 e. The van der Waals surface area contributed by atoms with Gasteiger partial charge in [0.2, 0.25) is 0 Å². The van der Waals surface area contributed by atoms with E-state index < -0.39 is 5.41 Å². The van der Waals surface area contributed by atoms with Crippen LogP contribution in [-0.4, -0.2) is 4.57 Å². The van der Waals surface area contributed by atoms with Crippen molar-refractivity contribution in [2.24, 2.45) is 0 Å². The number of rotatable bonds is 7. The molecule has 1 heterocycles. The van der Waals surface area contributed by atoms with Gasteiger partial charge in [0.15, 0.2) is 0 Å². The van der Waals surface area contributed by atoms with E-state index in [1.54, 1.807) is 0 Å². The fourth-order valence-corrected chi connectivity index (χ4v) is 13.4. The summed E-state index contributed by atoms with van der Waals surface area (Å²) >= 11 is 0. The molecular formula is C75H48N2. The molecule has 2 heteroatoms. The lowest BCUT2D eigenvalue weighted by Crippen LogP contribution is -2.28. The number of anilines is 3. The molecule has 0 amide bonds. The van der Waals surface area contributed by atoms with Crippen molar-refractivity contribution < 1.29 is 0 Å². The second-order valence-electron chi connectivity index (χ2n) is 20.7. The van der Waals surface area contributed by atoms with E-state index in [-0.39, 0.29) is 0 Å². The van der Waals surface area contributed by atoms with Gasteiger partial charge in [-0.05, 0) is 148 Å². The highest BCUT2D eigenvalue weighted by Gasteiger charge is 2.46. The number of para-hydroxylation sites is 1. The Bertz CT molecular complexity index is 4710. The highest BCUT2D eigenvalue weighted by atomic mass is 15.1. The Labute approximate surface area is 446 Å². The van der Waals surface area contributed by atoms with E-state index >= 15 is 0 Å². The van der Waals surface area contributed by atoms with Gasteiger partial charge in [0.25, 0.3) is 0 Å². The number of hydrogen-bond acceptors (Lipinski definition) is 1. The molecule has 0 bridgehead atoms. The topological polar surface area (TPSA) is 8.17 Å². The summed E-state index contributed by atoms with van der Waals surface area (Å²) in [5, 5.41) is 14.7. The molecule has 0 radical (unpaired) electrons. The summed E-state index contributed by atoms with van der Waals surface area (Å²) in [5.41, 5.74) is 16.5.